The number of hydrogen-bond donors (Lipinski definition) is 2. The van der Waals surface area contributed by atoms with E-state index < -0.39 is 0 Å². The first-order valence-corrected chi connectivity index (χ1v) is 10.1. The van der Waals surface area contributed by atoms with Crippen LogP contribution in [0.4, 0.5) is 4.39 Å². The van der Waals surface area contributed by atoms with Crippen molar-refractivity contribution in [3.8, 4) is 5.75 Å². The average Bonchev–Trinajstić information content (AvgIpc) is 3.50. The Morgan fingerprint density at radius 2 is 1.83 bits per heavy atom. The number of nitrogens with zero attached hydrogens (tertiary/aromatic N) is 2. The minimum atomic E-state index is -0.129. The molecule has 0 radical (unpaired) electrons. The van der Waals surface area contributed by atoms with Crippen molar-refractivity contribution in [2.45, 2.75) is 24.8 Å². The van der Waals surface area contributed by atoms with Gasteiger partial charge >= 0.3 is 0 Å². The highest BCUT2D eigenvalue weighted by molar-refractivity contribution is 5.79. The number of rotatable bonds is 9. The second kappa shape index (κ2) is 9.74. The van der Waals surface area contributed by atoms with Gasteiger partial charge in [0.05, 0.1) is 0 Å². The maximum absolute atomic E-state index is 14.2. The van der Waals surface area contributed by atoms with Crippen LogP contribution < -0.4 is 15.4 Å². The normalized spacial score (nSPS) is 15.3. The lowest BCUT2D eigenvalue weighted by molar-refractivity contribution is 0.259. The van der Waals surface area contributed by atoms with Gasteiger partial charge in [0.2, 0.25) is 0 Å². The van der Waals surface area contributed by atoms with E-state index in [9.17, 15) is 4.39 Å². The molecule has 0 atom stereocenters. The third kappa shape index (κ3) is 5.70. The largest absolute Gasteiger partial charge is 0.492 e. The number of likely N-dealkylation sites (N-methyl/N-ethyl adjacent to an activating group) is 1. The highest BCUT2D eigenvalue weighted by Gasteiger charge is 2.45. The summed E-state index contributed by atoms with van der Waals surface area (Å²) in [5, 5.41) is 6.72. The molecule has 0 unspecified atom stereocenters. The number of halogens is 1. The second-order valence-corrected chi connectivity index (χ2v) is 7.80. The summed E-state index contributed by atoms with van der Waals surface area (Å²) >= 11 is 0. The maximum Gasteiger partial charge on any atom is 0.191 e. The average molecular weight is 399 g/mol. The molecule has 156 valence electrons. The van der Waals surface area contributed by atoms with E-state index in [-0.39, 0.29) is 11.2 Å². The van der Waals surface area contributed by atoms with Crippen LogP contribution in [0.3, 0.4) is 0 Å². The van der Waals surface area contributed by atoms with E-state index in [2.05, 4.69) is 20.5 Å². The molecule has 1 aliphatic rings. The number of hydrogen-bond acceptors (Lipinski definition) is 3. The maximum atomic E-state index is 14.2. The van der Waals surface area contributed by atoms with Crippen LogP contribution in [0.5, 0.6) is 5.75 Å². The number of ether oxygens (including phenoxy) is 1. The number of nitrogens with one attached hydrogen (secondary N) is 2. The predicted molar refractivity (Wildman–Crippen MR) is 116 cm³/mol. The molecule has 3 rings (SSSR count). The van der Waals surface area contributed by atoms with E-state index in [0.717, 1.165) is 36.3 Å². The molecule has 5 nitrogen and oxygen atoms in total. The molecule has 0 heterocycles. The first-order chi connectivity index (χ1) is 14.0. The van der Waals surface area contributed by atoms with Gasteiger partial charge in [0.15, 0.2) is 5.96 Å². The standard InChI is InChI=1S/C23H31FN4O/c1-25-22(27-17-23(12-13-23)19-9-5-6-10-20(19)24)26-16-18-8-4-7-11-21(18)29-15-14-28(2)3/h4-11H,12-17H2,1-3H3,(H2,25,26,27). The molecule has 1 saturated carbocycles. The summed E-state index contributed by atoms with van der Waals surface area (Å²) in [6, 6.07) is 15.1. The van der Waals surface area contributed by atoms with E-state index in [4.69, 9.17) is 4.74 Å². The Labute approximate surface area is 173 Å². The molecule has 29 heavy (non-hydrogen) atoms. The van der Waals surface area contributed by atoms with E-state index in [1.165, 1.54) is 6.07 Å². The fourth-order valence-electron chi connectivity index (χ4n) is 3.36. The van der Waals surface area contributed by atoms with Crippen LogP contribution in [0.25, 0.3) is 0 Å². The molecule has 2 N–H and O–H groups in total. The summed E-state index contributed by atoms with van der Waals surface area (Å²) < 4.78 is 20.1. The highest BCUT2D eigenvalue weighted by atomic mass is 19.1. The fraction of sp³-hybridized carbons (Fsp3) is 0.435. The molecule has 0 saturated heterocycles. The zero-order chi connectivity index (χ0) is 20.7. The van der Waals surface area contributed by atoms with Crippen LogP contribution in [0.1, 0.15) is 24.0 Å². The summed E-state index contributed by atoms with van der Waals surface area (Å²) in [6.07, 6.45) is 1.97. The summed E-state index contributed by atoms with van der Waals surface area (Å²) in [6.45, 7) is 2.77. The van der Waals surface area contributed by atoms with Gasteiger partial charge < -0.3 is 20.3 Å². The SMILES string of the molecule is CN=C(NCc1ccccc1OCCN(C)C)NCC1(c2ccccc2F)CC1. The van der Waals surface area contributed by atoms with Gasteiger partial charge in [-0.1, -0.05) is 36.4 Å². The molecule has 0 amide bonds. The molecule has 2 aromatic rings. The summed E-state index contributed by atoms with van der Waals surface area (Å²) in [7, 11) is 5.80. The Bertz CT molecular complexity index is 833. The number of guanidine groups is 1. The Balaban J connectivity index is 1.55. The summed E-state index contributed by atoms with van der Waals surface area (Å²) in [4.78, 5) is 6.41. The van der Waals surface area contributed by atoms with Crippen LogP contribution in [0.2, 0.25) is 0 Å². The molecular weight excluding hydrogens is 367 g/mol. The molecule has 1 fully saturated rings. The van der Waals surface area contributed by atoms with E-state index >= 15 is 0 Å². The number of benzene rings is 2. The molecule has 0 spiro atoms. The van der Waals surface area contributed by atoms with Crippen LogP contribution in [0, 0.1) is 5.82 Å². The fourth-order valence-corrected chi connectivity index (χ4v) is 3.36. The van der Waals surface area contributed by atoms with Gasteiger partial charge in [-0.05, 0) is 44.6 Å². The van der Waals surface area contributed by atoms with Crippen LogP contribution >= 0.6 is 0 Å². The van der Waals surface area contributed by atoms with Crippen molar-refractivity contribution in [2.24, 2.45) is 4.99 Å². The van der Waals surface area contributed by atoms with Crippen molar-refractivity contribution in [3.05, 3.63) is 65.5 Å². The lowest BCUT2D eigenvalue weighted by Crippen LogP contribution is -2.41. The lowest BCUT2D eigenvalue weighted by Gasteiger charge is -2.20. The summed E-state index contributed by atoms with van der Waals surface area (Å²) in [5.41, 5.74) is 1.74. The molecule has 1 aliphatic carbocycles. The van der Waals surface area contributed by atoms with Crippen molar-refractivity contribution in [3.63, 3.8) is 0 Å². The van der Waals surface area contributed by atoms with Gasteiger partial charge in [0.1, 0.15) is 18.2 Å². The minimum Gasteiger partial charge on any atom is -0.492 e. The Morgan fingerprint density at radius 1 is 1.10 bits per heavy atom. The third-order valence-corrected chi connectivity index (χ3v) is 5.33. The Morgan fingerprint density at radius 3 is 2.52 bits per heavy atom. The zero-order valence-corrected chi connectivity index (χ0v) is 17.5. The van der Waals surface area contributed by atoms with Crippen molar-refractivity contribution < 1.29 is 9.13 Å². The predicted octanol–water partition coefficient (Wildman–Crippen LogP) is 3.16. The van der Waals surface area contributed by atoms with Gasteiger partial charge in [-0.25, -0.2) is 4.39 Å². The van der Waals surface area contributed by atoms with Crippen LogP contribution in [-0.4, -0.2) is 51.7 Å². The molecule has 0 aromatic heterocycles. The van der Waals surface area contributed by atoms with Crippen molar-refractivity contribution in [1.82, 2.24) is 15.5 Å². The smallest absolute Gasteiger partial charge is 0.191 e. The van der Waals surface area contributed by atoms with Crippen molar-refractivity contribution in [2.75, 3.05) is 40.8 Å². The second-order valence-electron chi connectivity index (χ2n) is 7.80. The van der Waals surface area contributed by atoms with Gasteiger partial charge in [-0.15, -0.1) is 0 Å². The molecule has 0 bridgehead atoms. The third-order valence-electron chi connectivity index (χ3n) is 5.33. The minimum absolute atomic E-state index is 0.126. The lowest BCUT2D eigenvalue weighted by atomic mass is 9.95. The number of para-hydroxylation sites is 1. The zero-order valence-electron chi connectivity index (χ0n) is 17.5. The first-order valence-electron chi connectivity index (χ1n) is 10.1. The van der Waals surface area contributed by atoms with E-state index in [1.807, 2.05) is 50.5 Å². The van der Waals surface area contributed by atoms with Crippen molar-refractivity contribution >= 4 is 5.96 Å². The van der Waals surface area contributed by atoms with E-state index in [0.29, 0.717) is 25.7 Å². The van der Waals surface area contributed by atoms with Crippen molar-refractivity contribution in [1.29, 1.82) is 0 Å². The van der Waals surface area contributed by atoms with Crippen LogP contribution in [0.15, 0.2) is 53.5 Å². The van der Waals surface area contributed by atoms with Gasteiger partial charge in [0.25, 0.3) is 0 Å². The topological polar surface area (TPSA) is 48.9 Å². The Hall–Kier alpha value is -2.60. The molecular formula is C23H31FN4O. The summed E-state index contributed by atoms with van der Waals surface area (Å²) in [5.74, 6) is 1.46. The number of aliphatic imine (C=N–C) groups is 1. The van der Waals surface area contributed by atoms with Gasteiger partial charge in [-0.3, -0.25) is 4.99 Å². The molecule has 0 aliphatic heterocycles. The highest BCUT2D eigenvalue weighted by Crippen LogP contribution is 2.48. The molecule has 2 aromatic carbocycles. The Kier molecular flexibility index (Phi) is 7.09. The van der Waals surface area contributed by atoms with Gasteiger partial charge in [-0.2, -0.15) is 0 Å². The monoisotopic (exact) mass is 398 g/mol. The van der Waals surface area contributed by atoms with Gasteiger partial charge in [0, 0.05) is 37.7 Å². The quantitative estimate of drug-likeness (QED) is 0.503. The van der Waals surface area contributed by atoms with Crippen LogP contribution in [-0.2, 0) is 12.0 Å². The molecule has 6 heteroatoms. The first kappa shape index (κ1) is 21.1. The van der Waals surface area contributed by atoms with E-state index in [1.54, 1.807) is 13.1 Å².